The molecule has 4 nitrogen and oxygen atoms in total. The average Bonchev–Trinajstić information content (AvgIpc) is 2.82. The molecule has 0 N–H and O–H groups in total. The molecule has 0 radical (unpaired) electrons. The quantitative estimate of drug-likeness (QED) is 0.0895. The Morgan fingerprint density at radius 3 is 1.58 bits per heavy atom. The van der Waals surface area contributed by atoms with Crippen LogP contribution in [0.25, 0.3) is 0 Å². The second kappa shape index (κ2) is 27.6. The Kier molecular flexibility index (Phi) is 27.1. The van der Waals surface area contributed by atoms with Crippen molar-refractivity contribution < 1.29 is 14.3 Å². The van der Waals surface area contributed by atoms with Crippen LogP contribution in [0, 0.1) is 0 Å². The van der Waals surface area contributed by atoms with E-state index in [1.54, 1.807) is 0 Å². The first-order valence-electron chi connectivity index (χ1n) is 14.7. The fraction of sp³-hybridized carbons (Fsp3) is 0.966. The zero-order valence-corrected chi connectivity index (χ0v) is 22.8. The van der Waals surface area contributed by atoms with Gasteiger partial charge in [-0.2, -0.15) is 0 Å². The molecule has 0 amide bonds. The van der Waals surface area contributed by atoms with Crippen molar-refractivity contribution in [2.75, 3.05) is 39.5 Å². The summed E-state index contributed by atoms with van der Waals surface area (Å²) in [6.45, 7) is 12.3. The molecule has 0 rings (SSSR count). The van der Waals surface area contributed by atoms with E-state index in [0.717, 1.165) is 39.0 Å². The van der Waals surface area contributed by atoms with Crippen molar-refractivity contribution >= 4 is 5.97 Å². The molecular weight excluding hydrogens is 410 g/mol. The molecule has 33 heavy (non-hydrogen) atoms. The number of rotatable bonds is 27. The molecule has 0 spiro atoms. The smallest absolute Gasteiger partial charge is 0.305 e. The Hall–Kier alpha value is -0.610. The first-order valence-corrected chi connectivity index (χ1v) is 14.7. The minimum absolute atomic E-state index is 0.00187. The molecule has 198 valence electrons. The van der Waals surface area contributed by atoms with Crippen molar-refractivity contribution in [3.63, 3.8) is 0 Å². The molecule has 0 aliphatic rings. The van der Waals surface area contributed by atoms with Gasteiger partial charge in [-0.15, -0.1) is 0 Å². The van der Waals surface area contributed by atoms with Crippen LogP contribution in [0.15, 0.2) is 0 Å². The number of carbonyl (C=O) groups excluding carboxylic acids is 1. The van der Waals surface area contributed by atoms with Crippen LogP contribution >= 0.6 is 0 Å². The van der Waals surface area contributed by atoms with Gasteiger partial charge in [0, 0.05) is 19.6 Å². The van der Waals surface area contributed by atoms with Gasteiger partial charge in [-0.3, -0.25) is 4.79 Å². The van der Waals surface area contributed by atoms with Crippen LogP contribution in [0.3, 0.4) is 0 Å². The molecule has 0 saturated heterocycles. The van der Waals surface area contributed by atoms with E-state index in [1.807, 2.05) is 0 Å². The second-order valence-electron chi connectivity index (χ2n) is 9.67. The van der Waals surface area contributed by atoms with Gasteiger partial charge in [-0.1, -0.05) is 104 Å². The minimum atomic E-state index is 0.00187. The van der Waals surface area contributed by atoms with Crippen LogP contribution in [0.5, 0.6) is 0 Å². The molecule has 0 fully saturated rings. The fourth-order valence-electron chi connectivity index (χ4n) is 4.24. The second-order valence-corrected chi connectivity index (χ2v) is 9.67. The summed E-state index contributed by atoms with van der Waals surface area (Å²) in [5.41, 5.74) is 0. The van der Waals surface area contributed by atoms with Gasteiger partial charge in [0.15, 0.2) is 0 Å². The van der Waals surface area contributed by atoms with Crippen molar-refractivity contribution in [1.82, 2.24) is 4.90 Å². The highest BCUT2D eigenvalue weighted by molar-refractivity contribution is 5.69. The summed E-state index contributed by atoms with van der Waals surface area (Å²) < 4.78 is 11.0. The van der Waals surface area contributed by atoms with Gasteiger partial charge in [0.1, 0.15) is 0 Å². The van der Waals surface area contributed by atoms with Crippen LogP contribution in [0.4, 0.5) is 0 Å². The van der Waals surface area contributed by atoms with Crippen molar-refractivity contribution in [3.8, 4) is 0 Å². The van der Waals surface area contributed by atoms with Gasteiger partial charge in [-0.05, 0) is 45.7 Å². The van der Waals surface area contributed by atoms with Gasteiger partial charge in [0.2, 0.25) is 0 Å². The Labute approximate surface area is 207 Å². The maximum atomic E-state index is 11.9. The monoisotopic (exact) mass is 469 g/mol. The molecule has 0 aliphatic carbocycles. The summed E-state index contributed by atoms with van der Waals surface area (Å²) >= 11 is 0. The number of carbonyl (C=O) groups is 1. The summed E-state index contributed by atoms with van der Waals surface area (Å²) in [5, 5.41) is 0. The third-order valence-corrected chi connectivity index (χ3v) is 6.45. The topological polar surface area (TPSA) is 38.8 Å². The molecule has 0 aliphatic heterocycles. The van der Waals surface area contributed by atoms with Gasteiger partial charge < -0.3 is 14.4 Å². The van der Waals surface area contributed by atoms with Crippen LogP contribution in [-0.4, -0.2) is 50.3 Å². The van der Waals surface area contributed by atoms with Gasteiger partial charge >= 0.3 is 5.97 Å². The number of nitrogens with zero attached hydrogens (tertiary/aromatic N) is 1. The molecular formula is C29H59NO3. The molecule has 0 saturated carbocycles. The molecule has 4 heteroatoms. The van der Waals surface area contributed by atoms with Crippen molar-refractivity contribution in [1.29, 1.82) is 0 Å². The molecule has 0 unspecified atom stereocenters. The Bertz CT molecular complexity index is 389. The van der Waals surface area contributed by atoms with Crippen LogP contribution in [0.2, 0.25) is 0 Å². The van der Waals surface area contributed by atoms with E-state index in [9.17, 15) is 4.79 Å². The Morgan fingerprint density at radius 1 is 0.545 bits per heavy atom. The van der Waals surface area contributed by atoms with Crippen LogP contribution in [0.1, 0.15) is 143 Å². The molecule has 0 bridgehead atoms. The van der Waals surface area contributed by atoms with Gasteiger partial charge in [0.05, 0.1) is 13.2 Å². The molecule has 0 heterocycles. The standard InChI is InChI=1S/C29H59NO3/c1-4-7-9-11-13-18-22-27-33-29(31)23-19-15-14-17-21-25-30(26-28-32-6-3)24-20-16-12-10-8-5-2/h4-28H2,1-3H3. The fourth-order valence-corrected chi connectivity index (χ4v) is 4.24. The third kappa shape index (κ3) is 25.8. The van der Waals surface area contributed by atoms with Crippen LogP contribution < -0.4 is 0 Å². The van der Waals surface area contributed by atoms with E-state index in [-0.39, 0.29) is 5.97 Å². The predicted molar refractivity (Wildman–Crippen MR) is 143 cm³/mol. The van der Waals surface area contributed by atoms with Crippen molar-refractivity contribution in [2.24, 2.45) is 0 Å². The number of unbranched alkanes of at least 4 members (excludes halogenated alkanes) is 15. The zero-order valence-electron chi connectivity index (χ0n) is 22.8. The lowest BCUT2D eigenvalue weighted by atomic mass is 10.1. The molecule has 0 aromatic carbocycles. The van der Waals surface area contributed by atoms with E-state index >= 15 is 0 Å². The number of esters is 1. The summed E-state index contributed by atoms with van der Waals surface area (Å²) in [4.78, 5) is 14.5. The number of ether oxygens (including phenoxy) is 2. The van der Waals surface area contributed by atoms with E-state index < -0.39 is 0 Å². The van der Waals surface area contributed by atoms with Gasteiger partial charge in [-0.25, -0.2) is 0 Å². The summed E-state index contributed by atoms with van der Waals surface area (Å²) in [7, 11) is 0. The maximum absolute atomic E-state index is 11.9. The largest absolute Gasteiger partial charge is 0.466 e. The lowest BCUT2D eigenvalue weighted by Crippen LogP contribution is -2.30. The first kappa shape index (κ1) is 32.4. The minimum Gasteiger partial charge on any atom is -0.466 e. The SMILES string of the molecule is CCCCCCCCCOC(=O)CCCCCCCN(CCCCCCCC)CCOCC. The highest BCUT2D eigenvalue weighted by Gasteiger charge is 2.06. The number of hydrogen-bond acceptors (Lipinski definition) is 4. The van der Waals surface area contributed by atoms with E-state index in [4.69, 9.17) is 9.47 Å². The van der Waals surface area contributed by atoms with Crippen LogP contribution in [-0.2, 0) is 14.3 Å². The molecule has 0 aromatic heterocycles. The van der Waals surface area contributed by atoms with Crippen molar-refractivity contribution in [2.45, 2.75) is 143 Å². The number of hydrogen-bond donors (Lipinski definition) is 0. The normalized spacial score (nSPS) is 11.4. The first-order chi connectivity index (χ1) is 16.2. The third-order valence-electron chi connectivity index (χ3n) is 6.45. The van der Waals surface area contributed by atoms with E-state index in [1.165, 1.54) is 109 Å². The predicted octanol–water partition coefficient (Wildman–Crippen LogP) is 8.32. The highest BCUT2D eigenvalue weighted by Crippen LogP contribution is 2.10. The lowest BCUT2D eigenvalue weighted by molar-refractivity contribution is -0.143. The Morgan fingerprint density at radius 2 is 1.03 bits per heavy atom. The summed E-state index contributed by atoms with van der Waals surface area (Å²) in [5.74, 6) is 0.00187. The average molecular weight is 470 g/mol. The highest BCUT2D eigenvalue weighted by atomic mass is 16.5. The Balaban J connectivity index is 3.61. The van der Waals surface area contributed by atoms with Crippen molar-refractivity contribution in [3.05, 3.63) is 0 Å². The molecule has 0 atom stereocenters. The van der Waals surface area contributed by atoms with E-state index in [0.29, 0.717) is 13.0 Å². The lowest BCUT2D eigenvalue weighted by Gasteiger charge is -2.22. The maximum Gasteiger partial charge on any atom is 0.305 e. The molecule has 0 aromatic rings. The summed E-state index contributed by atoms with van der Waals surface area (Å²) in [6, 6.07) is 0. The van der Waals surface area contributed by atoms with E-state index in [2.05, 4.69) is 25.7 Å². The zero-order chi connectivity index (χ0) is 24.2. The summed E-state index contributed by atoms with van der Waals surface area (Å²) in [6.07, 6.45) is 23.4. The van der Waals surface area contributed by atoms with Gasteiger partial charge in [0.25, 0.3) is 0 Å².